The van der Waals surface area contributed by atoms with Crippen LogP contribution in [0.25, 0.3) is 6.08 Å². The van der Waals surface area contributed by atoms with Gasteiger partial charge < -0.3 is 9.84 Å². The number of thiocarbonyl (C=S) groups is 1. The van der Waals surface area contributed by atoms with Crippen molar-refractivity contribution in [2.45, 2.75) is 0 Å². The molecule has 0 spiro atoms. The van der Waals surface area contributed by atoms with Gasteiger partial charge in [-0.05, 0) is 54.7 Å². The zero-order valence-electron chi connectivity index (χ0n) is 13.8. The van der Waals surface area contributed by atoms with Crippen LogP contribution >= 0.6 is 35.4 Å². The van der Waals surface area contributed by atoms with Crippen molar-refractivity contribution in [1.29, 1.82) is 0 Å². The summed E-state index contributed by atoms with van der Waals surface area (Å²) in [5, 5.41) is 12.7. The van der Waals surface area contributed by atoms with Gasteiger partial charge in [-0.2, -0.15) is 0 Å². The molecule has 0 bridgehead atoms. The summed E-state index contributed by atoms with van der Waals surface area (Å²) in [6, 6.07) is 9.32. The normalized spacial score (nSPS) is 15.9. The van der Waals surface area contributed by atoms with Gasteiger partial charge in [0.15, 0.2) is 5.11 Å². The van der Waals surface area contributed by atoms with E-state index in [2.05, 4.69) is 5.32 Å². The number of ether oxygens (including phenoxy) is 1. The van der Waals surface area contributed by atoms with Crippen LogP contribution in [-0.4, -0.2) is 29.1 Å². The van der Waals surface area contributed by atoms with Crippen LogP contribution in [0.2, 0.25) is 10.0 Å². The molecular weight excluding hydrogens is 411 g/mol. The number of nitrogens with one attached hydrogen (secondary N) is 1. The lowest BCUT2D eigenvalue weighted by Gasteiger charge is -2.29. The number of hydrogen-bond acceptors (Lipinski definition) is 5. The summed E-state index contributed by atoms with van der Waals surface area (Å²) < 4.78 is 5.09. The monoisotopic (exact) mass is 422 g/mol. The lowest BCUT2D eigenvalue weighted by Crippen LogP contribution is -2.54. The molecule has 0 aromatic heterocycles. The molecule has 1 aliphatic rings. The third kappa shape index (κ3) is 3.75. The smallest absolute Gasteiger partial charge is 0.270 e. The molecule has 3 rings (SSSR count). The van der Waals surface area contributed by atoms with Gasteiger partial charge in [0.25, 0.3) is 11.8 Å². The van der Waals surface area contributed by atoms with Crippen LogP contribution in [0.4, 0.5) is 5.69 Å². The zero-order chi connectivity index (χ0) is 19.7. The lowest BCUT2D eigenvalue weighted by atomic mass is 10.1. The number of benzene rings is 2. The molecular formula is C18H12Cl2N2O4S. The van der Waals surface area contributed by atoms with Crippen molar-refractivity contribution in [3.8, 4) is 11.5 Å². The van der Waals surface area contributed by atoms with E-state index in [-0.39, 0.29) is 32.0 Å². The SMILES string of the molecule is COc1ccc(N2C(=O)/C(=C\c3cc(Cl)cc(Cl)c3O)C(=O)NC2=S)cc1. The summed E-state index contributed by atoms with van der Waals surface area (Å²) in [4.78, 5) is 26.4. The summed E-state index contributed by atoms with van der Waals surface area (Å²) >= 11 is 17.0. The maximum absolute atomic E-state index is 12.9. The quantitative estimate of drug-likeness (QED) is 0.449. The summed E-state index contributed by atoms with van der Waals surface area (Å²) in [6.07, 6.45) is 1.21. The Kier molecular flexibility index (Phi) is 5.36. The lowest BCUT2D eigenvalue weighted by molar-refractivity contribution is -0.122. The van der Waals surface area contributed by atoms with Crippen LogP contribution in [0.5, 0.6) is 11.5 Å². The Labute approximate surface area is 169 Å². The van der Waals surface area contributed by atoms with Crippen molar-refractivity contribution < 1.29 is 19.4 Å². The fraction of sp³-hybridized carbons (Fsp3) is 0.0556. The van der Waals surface area contributed by atoms with Crippen LogP contribution < -0.4 is 15.0 Å². The Bertz CT molecular complexity index is 990. The number of carbonyl (C=O) groups excluding carboxylic acids is 2. The first-order valence-corrected chi connectivity index (χ1v) is 8.71. The van der Waals surface area contributed by atoms with E-state index >= 15 is 0 Å². The van der Waals surface area contributed by atoms with Crippen LogP contribution in [0.1, 0.15) is 5.56 Å². The zero-order valence-corrected chi connectivity index (χ0v) is 16.2. The maximum atomic E-state index is 12.9. The van der Waals surface area contributed by atoms with E-state index in [1.807, 2.05) is 0 Å². The Morgan fingerprint density at radius 3 is 2.48 bits per heavy atom. The number of hydrogen-bond donors (Lipinski definition) is 2. The number of methoxy groups -OCH3 is 1. The number of anilines is 1. The molecule has 2 amide bonds. The average molecular weight is 423 g/mol. The third-order valence-corrected chi connectivity index (χ3v) is 4.58. The fourth-order valence-electron chi connectivity index (χ4n) is 2.47. The summed E-state index contributed by atoms with van der Waals surface area (Å²) in [6.45, 7) is 0. The van der Waals surface area contributed by atoms with Crippen LogP contribution in [0, 0.1) is 0 Å². The fourth-order valence-corrected chi connectivity index (χ4v) is 3.26. The molecule has 0 atom stereocenters. The number of rotatable bonds is 3. The minimum absolute atomic E-state index is 0.000507. The van der Waals surface area contributed by atoms with E-state index < -0.39 is 11.8 Å². The van der Waals surface area contributed by atoms with E-state index in [1.165, 1.54) is 30.2 Å². The van der Waals surface area contributed by atoms with Gasteiger partial charge in [0.1, 0.15) is 17.1 Å². The van der Waals surface area contributed by atoms with Gasteiger partial charge in [-0.3, -0.25) is 19.8 Å². The summed E-state index contributed by atoms with van der Waals surface area (Å²) in [7, 11) is 1.52. The molecule has 0 saturated carbocycles. The minimum Gasteiger partial charge on any atom is -0.506 e. The van der Waals surface area contributed by atoms with E-state index in [0.29, 0.717) is 11.4 Å². The molecule has 1 aliphatic heterocycles. The molecule has 2 N–H and O–H groups in total. The van der Waals surface area contributed by atoms with Gasteiger partial charge in [0.05, 0.1) is 17.8 Å². The van der Waals surface area contributed by atoms with Gasteiger partial charge in [-0.15, -0.1) is 0 Å². The number of aromatic hydroxyl groups is 1. The van der Waals surface area contributed by atoms with E-state index in [4.69, 9.17) is 40.2 Å². The molecule has 2 aromatic carbocycles. The van der Waals surface area contributed by atoms with E-state index in [9.17, 15) is 14.7 Å². The molecule has 0 aliphatic carbocycles. The highest BCUT2D eigenvalue weighted by atomic mass is 35.5. The summed E-state index contributed by atoms with van der Waals surface area (Å²) in [5.74, 6) is -1.03. The number of phenols is 1. The van der Waals surface area contributed by atoms with Crippen molar-refractivity contribution in [3.63, 3.8) is 0 Å². The van der Waals surface area contributed by atoms with Gasteiger partial charge in [-0.25, -0.2) is 0 Å². The number of amides is 2. The highest BCUT2D eigenvalue weighted by Crippen LogP contribution is 2.33. The van der Waals surface area contributed by atoms with Gasteiger partial charge in [0.2, 0.25) is 0 Å². The molecule has 1 heterocycles. The van der Waals surface area contributed by atoms with Gasteiger partial charge in [0, 0.05) is 10.6 Å². The van der Waals surface area contributed by atoms with Crippen molar-refractivity contribution in [2.24, 2.45) is 0 Å². The van der Waals surface area contributed by atoms with Crippen molar-refractivity contribution in [3.05, 3.63) is 57.6 Å². The van der Waals surface area contributed by atoms with Crippen LogP contribution in [0.15, 0.2) is 42.0 Å². The molecule has 0 unspecified atom stereocenters. The van der Waals surface area contributed by atoms with Gasteiger partial charge in [-0.1, -0.05) is 23.2 Å². The first-order valence-electron chi connectivity index (χ1n) is 7.55. The van der Waals surface area contributed by atoms with Crippen LogP contribution in [0.3, 0.4) is 0 Å². The second-order valence-corrected chi connectivity index (χ2v) is 6.71. The Hall–Kier alpha value is -2.61. The highest BCUT2D eigenvalue weighted by molar-refractivity contribution is 7.80. The molecule has 1 saturated heterocycles. The highest BCUT2D eigenvalue weighted by Gasteiger charge is 2.34. The largest absolute Gasteiger partial charge is 0.506 e. The average Bonchev–Trinajstić information content (AvgIpc) is 2.62. The van der Waals surface area contributed by atoms with Crippen molar-refractivity contribution in [1.82, 2.24) is 5.32 Å². The molecule has 2 aromatic rings. The second kappa shape index (κ2) is 7.56. The molecule has 1 fully saturated rings. The Morgan fingerprint density at radius 2 is 1.85 bits per heavy atom. The second-order valence-electron chi connectivity index (χ2n) is 5.48. The van der Waals surface area contributed by atoms with E-state index in [1.54, 1.807) is 24.3 Å². The third-order valence-electron chi connectivity index (χ3n) is 3.79. The first-order chi connectivity index (χ1) is 12.8. The van der Waals surface area contributed by atoms with E-state index in [0.717, 1.165) is 0 Å². The number of nitrogens with zero attached hydrogens (tertiary/aromatic N) is 1. The van der Waals surface area contributed by atoms with Crippen molar-refractivity contribution >= 4 is 64.1 Å². The van der Waals surface area contributed by atoms with Crippen LogP contribution in [-0.2, 0) is 9.59 Å². The Balaban J connectivity index is 2.04. The molecule has 138 valence electrons. The number of phenolic OH excluding ortho intramolecular Hbond substituents is 1. The molecule has 0 radical (unpaired) electrons. The topological polar surface area (TPSA) is 78.9 Å². The van der Waals surface area contributed by atoms with Gasteiger partial charge >= 0.3 is 0 Å². The minimum atomic E-state index is -0.690. The number of carbonyl (C=O) groups is 2. The predicted molar refractivity (Wildman–Crippen MR) is 107 cm³/mol. The maximum Gasteiger partial charge on any atom is 0.270 e. The summed E-state index contributed by atoms with van der Waals surface area (Å²) in [5.41, 5.74) is 0.353. The first kappa shape index (κ1) is 19.2. The number of halogens is 2. The molecule has 9 heteroatoms. The predicted octanol–water partition coefficient (Wildman–Crippen LogP) is 3.54. The van der Waals surface area contributed by atoms with Crippen molar-refractivity contribution in [2.75, 3.05) is 12.0 Å². The standard InChI is InChI=1S/C18H12Cl2N2O4S/c1-26-12-4-2-11(3-5-12)22-17(25)13(16(24)21-18(22)27)7-9-6-10(19)8-14(20)15(9)23/h2-8,23H,1H3,(H,21,24,27)/b13-7-. The Morgan fingerprint density at radius 1 is 1.19 bits per heavy atom. The molecule has 6 nitrogen and oxygen atoms in total. The molecule has 27 heavy (non-hydrogen) atoms.